The van der Waals surface area contributed by atoms with Gasteiger partial charge in [-0.25, -0.2) is 9.97 Å². The number of fused-ring (bicyclic) bond motifs is 1. The number of amides is 1. The lowest BCUT2D eigenvalue weighted by atomic mass is 10.2. The number of hydrogen-bond donors (Lipinski definition) is 0. The molecular weight excluding hydrogens is 382 g/mol. The van der Waals surface area contributed by atoms with E-state index in [0.717, 1.165) is 30.8 Å². The van der Waals surface area contributed by atoms with Crippen molar-refractivity contribution in [2.75, 3.05) is 31.1 Å². The van der Waals surface area contributed by atoms with Crippen LogP contribution in [-0.2, 0) is 13.0 Å². The van der Waals surface area contributed by atoms with E-state index in [9.17, 15) is 4.79 Å². The van der Waals surface area contributed by atoms with Gasteiger partial charge in [0.15, 0.2) is 5.69 Å². The quantitative estimate of drug-likeness (QED) is 0.649. The van der Waals surface area contributed by atoms with E-state index in [-0.39, 0.29) is 12.0 Å². The third kappa shape index (κ3) is 3.83. The Morgan fingerprint density at radius 2 is 1.97 bits per heavy atom. The maximum absolute atomic E-state index is 13.0. The van der Waals surface area contributed by atoms with Crippen LogP contribution < -0.4 is 9.64 Å². The van der Waals surface area contributed by atoms with Gasteiger partial charge in [0.1, 0.15) is 11.9 Å². The van der Waals surface area contributed by atoms with Gasteiger partial charge in [-0.15, -0.1) is 0 Å². The summed E-state index contributed by atoms with van der Waals surface area (Å²) in [6.07, 6.45) is 8.53. The van der Waals surface area contributed by atoms with Gasteiger partial charge in [0.25, 0.3) is 5.91 Å². The molecule has 1 amide bonds. The summed E-state index contributed by atoms with van der Waals surface area (Å²) in [4.78, 5) is 29.8. The highest BCUT2D eigenvalue weighted by Gasteiger charge is 2.29. The zero-order valence-electron chi connectivity index (χ0n) is 16.6. The highest BCUT2D eigenvalue weighted by Crippen LogP contribution is 2.22. The first-order valence-corrected chi connectivity index (χ1v) is 10.2. The van der Waals surface area contributed by atoms with Crippen molar-refractivity contribution in [3.8, 4) is 5.75 Å². The van der Waals surface area contributed by atoms with Crippen LogP contribution in [-0.4, -0.2) is 67.8 Å². The molecule has 30 heavy (non-hydrogen) atoms. The van der Waals surface area contributed by atoms with Crippen LogP contribution >= 0.6 is 0 Å². The van der Waals surface area contributed by atoms with Gasteiger partial charge < -0.3 is 14.5 Å². The lowest BCUT2D eigenvalue weighted by molar-refractivity contribution is 0.0759. The van der Waals surface area contributed by atoms with Gasteiger partial charge in [-0.3, -0.25) is 14.5 Å². The Kier molecular flexibility index (Phi) is 5.00. The maximum Gasteiger partial charge on any atom is 0.274 e. The summed E-state index contributed by atoms with van der Waals surface area (Å²) in [5.41, 5.74) is 1.54. The zero-order chi connectivity index (χ0) is 20.3. The van der Waals surface area contributed by atoms with Gasteiger partial charge in [-0.2, -0.15) is 5.10 Å². The van der Waals surface area contributed by atoms with E-state index in [1.54, 1.807) is 30.9 Å². The molecule has 5 rings (SSSR count). The molecule has 0 aliphatic carbocycles. The molecule has 0 aromatic carbocycles. The van der Waals surface area contributed by atoms with Crippen molar-refractivity contribution in [1.82, 2.24) is 29.6 Å². The summed E-state index contributed by atoms with van der Waals surface area (Å²) < 4.78 is 7.85. The maximum atomic E-state index is 13.0. The fourth-order valence-corrected chi connectivity index (χ4v) is 4.00. The van der Waals surface area contributed by atoms with Crippen molar-refractivity contribution in [3.05, 3.63) is 60.4 Å². The highest BCUT2D eigenvalue weighted by atomic mass is 16.5. The molecule has 3 aromatic heterocycles. The molecule has 1 fully saturated rings. The van der Waals surface area contributed by atoms with E-state index in [0.29, 0.717) is 37.8 Å². The molecule has 0 bridgehead atoms. The fourth-order valence-electron chi connectivity index (χ4n) is 4.00. The lowest BCUT2D eigenvalue weighted by Crippen LogP contribution is -2.36. The van der Waals surface area contributed by atoms with Crippen LogP contribution in [0.4, 0.5) is 5.95 Å². The van der Waals surface area contributed by atoms with Gasteiger partial charge in [0, 0.05) is 56.9 Å². The van der Waals surface area contributed by atoms with E-state index < -0.39 is 0 Å². The van der Waals surface area contributed by atoms with Crippen LogP contribution in [0.5, 0.6) is 5.75 Å². The number of pyridine rings is 1. The van der Waals surface area contributed by atoms with Crippen LogP contribution in [0.3, 0.4) is 0 Å². The van der Waals surface area contributed by atoms with E-state index in [2.05, 4.69) is 25.0 Å². The molecule has 9 nitrogen and oxygen atoms in total. The van der Waals surface area contributed by atoms with Crippen molar-refractivity contribution in [2.24, 2.45) is 0 Å². The summed E-state index contributed by atoms with van der Waals surface area (Å²) in [6, 6.07) is 7.46. The van der Waals surface area contributed by atoms with Crippen LogP contribution in [0, 0.1) is 0 Å². The molecule has 1 saturated heterocycles. The number of rotatable bonds is 4. The molecule has 3 aromatic rings. The van der Waals surface area contributed by atoms with Gasteiger partial charge in [0.2, 0.25) is 5.95 Å². The highest BCUT2D eigenvalue weighted by molar-refractivity contribution is 5.92. The summed E-state index contributed by atoms with van der Waals surface area (Å²) >= 11 is 0. The van der Waals surface area contributed by atoms with Crippen LogP contribution in [0.2, 0.25) is 0 Å². The van der Waals surface area contributed by atoms with Crippen molar-refractivity contribution in [2.45, 2.75) is 25.5 Å². The number of nitrogens with zero attached hydrogens (tertiary/aromatic N) is 7. The second kappa shape index (κ2) is 8.10. The molecule has 0 radical (unpaired) electrons. The Bertz CT molecular complexity index is 985. The minimum atomic E-state index is -0.0162. The summed E-state index contributed by atoms with van der Waals surface area (Å²) in [7, 11) is 0. The van der Waals surface area contributed by atoms with Gasteiger partial charge in [0.05, 0.1) is 12.7 Å². The molecule has 5 heterocycles. The normalized spacial score (nSPS) is 18.7. The van der Waals surface area contributed by atoms with E-state index in [1.807, 2.05) is 27.8 Å². The molecular formula is C21H23N7O2. The first-order valence-electron chi connectivity index (χ1n) is 10.2. The van der Waals surface area contributed by atoms with E-state index >= 15 is 0 Å². The molecule has 0 unspecified atom stereocenters. The molecule has 2 aliphatic heterocycles. The zero-order valence-corrected chi connectivity index (χ0v) is 16.6. The largest absolute Gasteiger partial charge is 0.486 e. The SMILES string of the molecule is O=C(c1cc2n(n1)C[C@@H](Oc1cccnc1)C2)N1CCCN(c2ncccn2)CC1. The molecule has 9 heteroatoms. The predicted octanol–water partition coefficient (Wildman–Crippen LogP) is 1.42. The fraction of sp³-hybridized carbons (Fsp3) is 0.381. The molecule has 2 aliphatic rings. The lowest BCUT2D eigenvalue weighted by Gasteiger charge is -2.21. The van der Waals surface area contributed by atoms with Crippen LogP contribution in [0.15, 0.2) is 49.1 Å². The molecule has 154 valence electrons. The van der Waals surface area contributed by atoms with Crippen molar-refractivity contribution in [3.63, 3.8) is 0 Å². The van der Waals surface area contributed by atoms with Gasteiger partial charge in [-0.05, 0) is 30.7 Å². The third-order valence-corrected chi connectivity index (χ3v) is 5.45. The molecule has 0 saturated carbocycles. The predicted molar refractivity (Wildman–Crippen MR) is 109 cm³/mol. The second-order valence-electron chi connectivity index (χ2n) is 7.52. The summed E-state index contributed by atoms with van der Waals surface area (Å²) in [5.74, 6) is 1.45. The smallest absolute Gasteiger partial charge is 0.274 e. The van der Waals surface area contributed by atoms with Crippen LogP contribution in [0.25, 0.3) is 0 Å². The van der Waals surface area contributed by atoms with E-state index in [4.69, 9.17) is 4.74 Å². The first-order chi connectivity index (χ1) is 14.8. The average molecular weight is 405 g/mol. The minimum absolute atomic E-state index is 0.0125. The number of ether oxygens (including phenoxy) is 1. The number of carbonyl (C=O) groups is 1. The second-order valence-corrected chi connectivity index (χ2v) is 7.52. The number of carbonyl (C=O) groups excluding carboxylic acids is 1. The number of aromatic nitrogens is 5. The Balaban J connectivity index is 1.20. The van der Waals surface area contributed by atoms with Gasteiger partial charge >= 0.3 is 0 Å². The van der Waals surface area contributed by atoms with Crippen LogP contribution in [0.1, 0.15) is 22.6 Å². The van der Waals surface area contributed by atoms with E-state index in [1.165, 1.54) is 0 Å². The minimum Gasteiger partial charge on any atom is -0.486 e. The molecule has 0 N–H and O–H groups in total. The Labute approximate surface area is 174 Å². The van der Waals surface area contributed by atoms with Crippen molar-refractivity contribution < 1.29 is 9.53 Å². The summed E-state index contributed by atoms with van der Waals surface area (Å²) in [6.45, 7) is 3.52. The Morgan fingerprint density at radius 1 is 1.07 bits per heavy atom. The van der Waals surface area contributed by atoms with Crippen molar-refractivity contribution in [1.29, 1.82) is 0 Å². The number of hydrogen-bond acceptors (Lipinski definition) is 7. The standard InChI is InChI=1S/C21H23N7O2/c29-20(26-8-3-9-27(11-10-26)21-23-6-2-7-24-21)19-13-16-12-18(15-28(16)25-19)30-17-4-1-5-22-14-17/h1-2,4-7,13-14,18H,3,8-12,15H2/t18-/m0/s1. The third-order valence-electron chi connectivity index (χ3n) is 5.45. The monoisotopic (exact) mass is 405 g/mol. The van der Waals surface area contributed by atoms with Gasteiger partial charge in [-0.1, -0.05) is 0 Å². The summed E-state index contributed by atoms with van der Waals surface area (Å²) in [5, 5.41) is 4.56. The first kappa shape index (κ1) is 18.5. The molecule has 0 spiro atoms. The average Bonchev–Trinajstić information content (AvgIpc) is 3.23. The topological polar surface area (TPSA) is 89.3 Å². The Morgan fingerprint density at radius 3 is 2.77 bits per heavy atom. The molecule has 1 atom stereocenters. The Hall–Kier alpha value is -3.49. The van der Waals surface area contributed by atoms with Crippen molar-refractivity contribution >= 4 is 11.9 Å². The number of anilines is 1.